The second kappa shape index (κ2) is 6.62. The van der Waals surface area contributed by atoms with Crippen LogP contribution in [0.15, 0.2) is 42.0 Å². The van der Waals surface area contributed by atoms with Crippen LogP contribution in [-0.2, 0) is 0 Å². The lowest BCUT2D eigenvalue weighted by atomic mass is 10.2. The van der Waals surface area contributed by atoms with Gasteiger partial charge in [0.1, 0.15) is 0 Å². The minimum Gasteiger partial charge on any atom is -0.0859 e. The van der Waals surface area contributed by atoms with E-state index in [1.54, 1.807) is 10.8 Å². The van der Waals surface area contributed by atoms with Crippen molar-refractivity contribution < 1.29 is 0 Å². The zero-order valence-electron chi connectivity index (χ0n) is 10.1. The van der Waals surface area contributed by atoms with E-state index in [4.69, 9.17) is 0 Å². The second-order valence-corrected chi connectivity index (χ2v) is 6.44. The standard InChI is InChI=1S/C14H21Si/c1-4-9-13(5-2)12-15(3)14-10-7-6-8-11-14/h6-11H,4-5,12H2,1-3H3. The minimum atomic E-state index is -0.368. The van der Waals surface area contributed by atoms with Gasteiger partial charge in [-0.15, -0.1) is 0 Å². The number of hydrogen-bond donors (Lipinski definition) is 0. The summed E-state index contributed by atoms with van der Waals surface area (Å²) < 4.78 is 0. The maximum absolute atomic E-state index is 2.42. The molecule has 0 amide bonds. The maximum Gasteiger partial charge on any atom is 0.0865 e. The lowest BCUT2D eigenvalue weighted by Crippen LogP contribution is -2.26. The molecule has 0 heterocycles. The first-order chi connectivity index (χ1) is 7.27. The molecule has 0 fully saturated rings. The molecule has 0 aromatic heterocycles. The Labute approximate surface area is 95.6 Å². The summed E-state index contributed by atoms with van der Waals surface area (Å²) in [5, 5.41) is 1.55. The van der Waals surface area contributed by atoms with Crippen molar-refractivity contribution >= 4 is 14.0 Å². The molecule has 1 aromatic rings. The summed E-state index contributed by atoms with van der Waals surface area (Å²) in [7, 11) is -0.368. The lowest BCUT2D eigenvalue weighted by molar-refractivity contribution is 1.05. The Hall–Kier alpha value is -0.823. The highest BCUT2D eigenvalue weighted by atomic mass is 28.3. The van der Waals surface area contributed by atoms with Crippen molar-refractivity contribution in [2.75, 3.05) is 0 Å². The summed E-state index contributed by atoms with van der Waals surface area (Å²) in [6, 6.07) is 12.2. The molecule has 15 heavy (non-hydrogen) atoms. The van der Waals surface area contributed by atoms with Crippen LogP contribution in [0.1, 0.15) is 26.7 Å². The molecule has 0 atom stereocenters. The topological polar surface area (TPSA) is 0 Å². The molecule has 1 heteroatoms. The van der Waals surface area contributed by atoms with E-state index in [0.717, 1.165) is 0 Å². The van der Waals surface area contributed by atoms with Crippen LogP contribution >= 0.6 is 0 Å². The predicted octanol–water partition coefficient (Wildman–Crippen LogP) is 3.76. The molecule has 0 saturated heterocycles. The van der Waals surface area contributed by atoms with Crippen LogP contribution in [0.4, 0.5) is 0 Å². The van der Waals surface area contributed by atoms with Gasteiger partial charge in [0.15, 0.2) is 0 Å². The van der Waals surface area contributed by atoms with E-state index in [-0.39, 0.29) is 8.80 Å². The van der Waals surface area contributed by atoms with Gasteiger partial charge in [-0.1, -0.05) is 67.6 Å². The number of rotatable bonds is 5. The average Bonchev–Trinajstić information content (AvgIpc) is 2.29. The number of hydrogen-bond acceptors (Lipinski definition) is 0. The van der Waals surface area contributed by atoms with Gasteiger partial charge in [-0.25, -0.2) is 0 Å². The molecule has 0 aliphatic carbocycles. The summed E-state index contributed by atoms with van der Waals surface area (Å²) in [4.78, 5) is 0. The monoisotopic (exact) mass is 217 g/mol. The zero-order valence-corrected chi connectivity index (χ0v) is 11.1. The fourth-order valence-corrected chi connectivity index (χ4v) is 3.84. The van der Waals surface area contributed by atoms with E-state index in [1.165, 1.54) is 18.9 Å². The van der Waals surface area contributed by atoms with Crippen LogP contribution < -0.4 is 5.19 Å². The molecule has 0 nitrogen and oxygen atoms in total. The number of allylic oxidation sites excluding steroid dienone is 2. The highest BCUT2D eigenvalue weighted by molar-refractivity contribution is 6.72. The van der Waals surface area contributed by atoms with E-state index in [9.17, 15) is 0 Å². The van der Waals surface area contributed by atoms with Gasteiger partial charge < -0.3 is 0 Å². The predicted molar refractivity (Wildman–Crippen MR) is 71.2 cm³/mol. The molecule has 81 valence electrons. The fraction of sp³-hybridized carbons (Fsp3) is 0.429. The first-order valence-corrected chi connectivity index (χ1v) is 8.04. The van der Waals surface area contributed by atoms with E-state index < -0.39 is 0 Å². The zero-order chi connectivity index (χ0) is 11.1. The highest BCUT2D eigenvalue weighted by Gasteiger charge is 2.08. The van der Waals surface area contributed by atoms with Crippen LogP contribution in [0, 0.1) is 0 Å². The van der Waals surface area contributed by atoms with Crippen LogP contribution in [0.3, 0.4) is 0 Å². The van der Waals surface area contributed by atoms with Crippen molar-refractivity contribution in [2.24, 2.45) is 0 Å². The van der Waals surface area contributed by atoms with Crippen molar-refractivity contribution in [3.63, 3.8) is 0 Å². The molecule has 0 unspecified atom stereocenters. The first-order valence-electron chi connectivity index (χ1n) is 5.83. The molecular weight excluding hydrogens is 196 g/mol. The molecule has 0 saturated carbocycles. The third-order valence-corrected chi connectivity index (χ3v) is 5.01. The molecule has 1 radical (unpaired) electrons. The summed E-state index contributed by atoms with van der Waals surface area (Å²) in [6.45, 7) is 6.90. The van der Waals surface area contributed by atoms with Crippen LogP contribution in [0.2, 0.25) is 12.6 Å². The minimum absolute atomic E-state index is 0.368. The van der Waals surface area contributed by atoms with Crippen molar-refractivity contribution in [2.45, 2.75) is 39.3 Å². The average molecular weight is 217 g/mol. The lowest BCUT2D eigenvalue weighted by Gasteiger charge is -2.11. The van der Waals surface area contributed by atoms with Crippen molar-refractivity contribution in [3.8, 4) is 0 Å². The van der Waals surface area contributed by atoms with E-state index >= 15 is 0 Å². The quantitative estimate of drug-likeness (QED) is 0.520. The van der Waals surface area contributed by atoms with E-state index in [1.807, 2.05) is 0 Å². The SMILES string of the molecule is CCC=C(CC)C[Si](C)c1ccccc1. The molecule has 0 bridgehead atoms. The Kier molecular flexibility index (Phi) is 5.41. The van der Waals surface area contributed by atoms with Crippen molar-refractivity contribution in [1.29, 1.82) is 0 Å². The van der Waals surface area contributed by atoms with Crippen LogP contribution in [-0.4, -0.2) is 8.80 Å². The largest absolute Gasteiger partial charge is 0.0865 e. The molecule has 0 N–H and O–H groups in total. The van der Waals surface area contributed by atoms with E-state index in [2.05, 4.69) is 56.8 Å². The Bertz CT molecular complexity index is 300. The summed E-state index contributed by atoms with van der Waals surface area (Å²) in [5.74, 6) is 0. The third kappa shape index (κ3) is 4.04. The van der Waals surface area contributed by atoms with Crippen molar-refractivity contribution in [1.82, 2.24) is 0 Å². The summed E-state index contributed by atoms with van der Waals surface area (Å²) in [6.07, 6.45) is 4.78. The van der Waals surface area contributed by atoms with Gasteiger partial charge in [0, 0.05) is 0 Å². The Morgan fingerprint density at radius 2 is 1.87 bits per heavy atom. The first kappa shape index (κ1) is 12.2. The molecular formula is C14H21Si. The Morgan fingerprint density at radius 3 is 2.40 bits per heavy atom. The normalized spacial score (nSPS) is 12.1. The smallest absolute Gasteiger partial charge is 0.0859 e. The molecule has 1 aromatic carbocycles. The highest BCUT2D eigenvalue weighted by Crippen LogP contribution is 2.11. The fourth-order valence-electron chi connectivity index (χ4n) is 1.80. The third-order valence-electron chi connectivity index (χ3n) is 2.71. The van der Waals surface area contributed by atoms with Gasteiger partial charge in [-0.05, 0) is 18.9 Å². The Balaban J connectivity index is 2.62. The van der Waals surface area contributed by atoms with Gasteiger partial charge in [-0.3, -0.25) is 0 Å². The molecule has 1 rings (SSSR count). The van der Waals surface area contributed by atoms with Gasteiger partial charge in [0.05, 0.1) is 8.80 Å². The number of benzene rings is 1. The van der Waals surface area contributed by atoms with Gasteiger partial charge in [-0.2, -0.15) is 0 Å². The van der Waals surface area contributed by atoms with Crippen LogP contribution in [0.5, 0.6) is 0 Å². The van der Waals surface area contributed by atoms with Gasteiger partial charge in [0.2, 0.25) is 0 Å². The van der Waals surface area contributed by atoms with Gasteiger partial charge in [0.25, 0.3) is 0 Å². The van der Waals surface area contributed by atoms with E-state index in [0.29, 0.717) is 0 Å². The van der Waals surface area contributed by atoms with Gasteiger partial charge >= 0.3 is 0 Å². The van der Waals surface area contributed by atoms with Crippen LogP contribution in [0.25, 0.3) is 0 Å². The molecule has 0 spiro atoms. The summed E-state index contributed by atoms with van der Waals surface area (Å²) in [5.41, 5.74) is 1.64. The second-order valence-electron chi connectivity index (χ2n) is 3.95. The summed E-state index contributed by atoms with van der Waals surface area (Å²) >= 11 is 0. The maximum atomic E-state index is 2.42. The molecule has 0 aliphatic rings. The molecule has 0 aliphatic heterocycles. The Morgan fingerprint density at radius 1 is 1.20 bits per heavy atom. The van der Waals surface area contributed by atoms with Crippen molar-refractivity contribution in [3.05, 3.63) is 42.0 Å².